The quantitative estimate of drug-likeness (QED) is 0.242. The van der Waals surface area contributed by atoms with Gasteiger partial charge in [-0.2, -0.15) is 13.2 Å². The fourth-order valence-corrected chi connectivity index (χ4v) is 5.19. The summed E-state index contributed by atoms with van der Waals surface area (Å²) in [7, 11) is -3.82. The Morgan fingerprint density at radius 3 is 2.37 bits per heavy atom. The maximum atomic E-state index is 14.7. The molecule has 41 heavy (non-hydrogen) atoms. The van der Waals surface area contributed by atoms with Gasteiger partial charge in [0.2, 0.25) is 10.0 Å². The summed E-state index contributed by atoms with van der Waals surface area (Å²) in [6, 6.07) is 7.50. The Labute approximate surface area is 233 Å². The molecule has 1 saturated carbocycles. The van der Waals surface area contributed by atoms with E-state index in [1.807, 2.05) is 0 Å². The normalized spacial score (nSPS) is 14.5. The van der Waals surface area contributed by atoms with Crippen LogP contribution in [-0.4, -0.2) is 32.3 Å². The van der Waals surface area contributed by atoms with E-state index in [0.29, 0.717) is 24.5 Å². The van der Waals surface area contributed by atoms with Crippen LogP contribution in [0.15, 0.2) is 48.5 Å². The Morgan fingerprint density at radius 1 is 1.07 bits per heavy atom. The van der Waals surface area contributed by atoms with Gasteiger partial charge < -0.3 is 15.2 Å². The van der Waals surface area contributed by atoms with Crippen molar-refractivity contribution in [1.82, 2.24) is 4.72 Å². The van der Waals surface area contributed by atoms with Gasteiger partial charge in [-0.3, -0.25) is 4.79 Å². The van der Waals surface area contributed by atoms with E-state index < -0.39 is 57.5 Å². The molecular formula is C28H27F5N2O5S. The van der Waals surface area contributed by atoms with Crippen LogP contribution < -0.4 is 14.8 Å². The lowest BCUT2D eigenvalue weighted by Gasteiger charge is -2.20. The molecule has 0 radical (unpaired) electrons. The maximum absolute atomic E-state index is 14.7. The van der Waals surface area contributed by atoms with Gasteiger partial charge in [-0.1, -0.05) is 0 Å². The van der Waals surface area contributed by atoms with E-state index in [2.05, 4.69) is 10.0 Å². The third-order valence-corrected chi connectivity index (χ3v) is 7.19. The number of anilines is 1. The van der Waals surface area contributed by atoms with E-state index in [0.717, 1.165) is 30.5 Å². The lowest BCUT2D eigenvalue weighted by molar-refractivity contribution is -0.138. The number of halogens is 5. The number of alkyl halides is 3. The Kier molecular flexibility index (Phi) is 8.71. The summed E-state index contributed by atoms with van der Waals surface area (Å²) in [6.07, 6.45) is -3.02. The van der Waals surface area contributed by atoms with Gasteiger partial charge in [-0.25, -0.2) is 21.9 Å². The first-order chi connectivity index (χ1) is 19.2. The minimum Gasteiger partial charge on any atom is -0.456 e. The summed E-state index contributed by atoms with van der Waals surface area (Å²) in [4.78, 5) is 13.4. The highest BCUT2D eigenvalue weighted by atomic mass is 32.2. The number of aliphatic hydroxyl groups excluding tert-OH is 1. The van der Waals surface area contributed by atoms with Gasteiger partial charge in [0, 0.05) is 17.9 Å². The van der Waals surface area contributed by atoms with Crippen molar-refractivity contribution in [2.45, 2.75) is 44.3 Å². The van der Waals surface area contributed by atoms with Crippen molar-refractivity contribution in [3.8, 4) is 11.5 Å². The number of hydrogen-bond donors (Lipinski definition) is 3. The number of sulfonamides is 1. The molecule has 0 saturated heterocycles. The summed E-state index contributed by atoms with van der Waals surface area (Å²) < 4.78 is 102. The highest BCUT2D eigenvalue weighted by Crippen LogP contribution is 2.48. The predicted octanol–water partition coefficient (Wildman–Crippen LogP) is 6.19. The number of ether oxygens (including phenoxy) is 1. The zero-order valence-corrected chi connectivity index (χ0v) is 22.8. The van der Waals surface area contributed by atoms with Gasteiger partial charge in [0.1, 0.15) is 23.1 Å². The van der Waals surface area contributed by atoms with Crippen molar-refractivity contribution < 1.29 is 45.0 Å². The van der Waals surface area contributed by atoms with Crippen LogP contribution >= 0.6 is 0 Å². The van der Waals surface area contributed by atoms with Gasteiger partial charge >= 0.3 is 6.18 Å². The van der Waals surface area contributed by atoms with Gasteiger partial charge in [0.25, 0.3) is 5.91 Å². The Balaban J connectivity index is 1.75. The van der Waals surface area contributed by atoms with E-state index in [9.17, 15) is 40.3 Å². The summed E-state index contributed by atoms with van der Waals surface area (Å²) in [5.41, 5.74) is -1.38. The standard InChI is InChI=1S/C28H27F5N2O5S/c1-15-11-17(29)5-8-25(15)40-26-14-19(16-3-4-16)22(28(31,32)33)13-21(26)27(37)34-18-6-7-23(30)20(12-18)24(9-10-36)35-41(2,38)39/h5-8,11-14,16,24,35-36H,3-4,9-10H2,1-2H3,(H,34,37). The molecule has 0 spiro atoms. The van der Waals surface area contributed by atoms with Gasteiger partial charge in [-0.05, 0) is 91.8 Å². The number of aryl methyl sites for hydroxylation is 1. The number of carbonyl (C=O) groups is 1. The molecule has 0 bridgehead atoms. The molecular weight excluding hydrogens is 571 g/mol. The average Bonchev–Trinajstić information content (AvgIpc) is 3.70. The monoisotopic (exact) mass is 598 g/mol. The van der Waals surface area contributed by atoms with Crippen LogP contribution in [0.5, 0.6) is 11.5 Å². The fourth-order valence-electron chi connectivity index (χ4n) is 4.43. The highest BCUT2D eigenvalue weighted by Gasteiger charge is 2.40. The largest absolute Gasteiger partial charge is 0.456 e. The van der Waals surface area contributed by atoms with Crippen LogP contribution in [0, 0.1) is 18.6 Å². The third-order valence-electron chi connectivity index (χ3n) is 6.48. The molecule has 220 valence electrons. The second-order valence-electron chi connectivity index (χ2n) is 9.86. The molecule has 0 aliphatic heterocycles. The predicted molar refractivity (Wildman–Crippen MR) is 141 cm³/mol. The maximum Gasteiger partial charge on any atom is 0.416 e. The number of nitrogens with one attached hydrogen (secondary N) is 2. The summed E-state index contributed by atoms with van der Waals surface area (Å²) >= 11 is 0. The SMILES string of the molecule is Cc1cc(F)ccc1Oc1cc(C2CC2)c(C(F)(F)F)cc1C(=O)Nc1ccc(F)c(C(CCO)NS(C)(=O)=O)c1. The van der Waals surface area contributed by atoms with Crippen molar-refractivity contribution in [3.63, 3.8) is 0 Å². The molecule has 4 rings (SSSR count). The Hall–Kier alpha value is -3.55. The summed E-state index contributed by atoms with van der Waals surface area (Å²) in [6.45, 7) is 1.05. The molecule has 1 atom stereocenters. The topological polar surface area (TPSA) is 105 Å². The van der Waals surface area contributed by atoms with Crippen LogP contribution in [0.4, 0.5) is 27.6 Å². The molecule has 1 unspecified atom stereocenters. The molecule has 1 fully saturated rings. The first kappa shape index (κ1) is 30.4. The molecule has 0 aromatic heterocycles. The molecule has 1 aliphatic rings. The van der Waals surface area contributed by atoms with Crippen LogP contribution in [0.2, 0.25) is 0 Å². The molecule has 3 aromatic carbocycles. The number of aliphatic hydroxyl groups is 1. The molecule has 13 heteroatoms. The Bertz CT molecular complexity index is 1570. The van der Waals surface area contributed by atoms with Crippen molar-refractivity contribution >= 4 is 21.6 Å². The van der Waals surface area contributed by atoms with Gasteiger partial charge in [-0.15, -0.1) is 0 Å². The van der Waals surface area contributed by atoms with E-state index in [1.54, 1.807) is 0 Å². The molecule has 3 aromatic rings. The Morgan fingerprint density at radius 2 is 1.78 bits per heavy atom. The van der Waals surface area contributed by atoms with E-state index >= 15 is 0 Å². The summed E-state index contributed by atoms with van der Waals surface area (Å²) in [5.74, 6) is -2.81. The molecule has 1 aliphatic carbocycles. The minimum absolute atomic E-state index is 0.0217. The second kappa shape index (κ2) is 11.7. The fraction of sp³-hybridized carbons (Fsp3) is 0.321. The molecule has 3 N–H and O–H groups in total. The molecule has 1 amide bonds. The van der Waals surface area contributed by atoms with Crippen LogP contribution in [0.1, 0.15) is 63.8 Å². The second-order valence-corrected chi connectivity index (χ2v) is 11.6. The minimum atomic E-state index is -4.77. The van der Waals surface area contributed by atoms with Crippen molar-refractivity contribution in [2.24, 2.45) is 0 Å². The van der Waals surface area contributed by atoms with Crippen LogP contribution in [0.3, 0.4) is 0 Å². The van der Waals surface area contributed by atoms with Crippen molar-refractivity contribution in [1.29, 1.82) is 0 Å². The van der Waals surface area contributed by atoms with Gasteiger partial charge in [0.05, 0.1) is 23.4 Å². The number of amides is 1. The third kappa shape index (κ3) is 7.60. The number of rotatable bonds is 10. The average molecular weight is 599 g/mol. The number of benzene rings is 3. The van der Waals surface area contributed by atoms with E-state index in [4.69, 9.17) is 4.74 Å². The first-order valence-corrected chi connectivity index (χ1v) is 14.4. The smallest absolute Gasteiger partial charge is 0.416 e. The lowest BCUT2D eigenvalue weighted by Crippen LogP contribution is -2.29. The van der Waals surface area contributed by atoms with Crippen molar-refractivity contribution in [2.75, 3.05) is 18.2 Å². The van der Waals surface area contributed by atoms with E-state index in [1.165, 1.54) is 25.1 Å². The van der Waals surface area contributed by atoms with E-state index in [-0.39, 0.29) is 40.7 Å². The first-order valence-electron chi connectivity index (χ1n) is 12.5. The zero-order valence-electron chi connectivity index (χ0n) is 22.0. The van der Waals surface area contributed by atoms with Crippen LogP contribution in [0.25, 0.3) is 0 Å². The molecule has 7 nitrogen and oxygen atoms in total. The van der Waals surface area contributed by atoms with Gasteiger partial charge in [0.15, 0.2) is 0 Å². The van der Waals surface area contributed by atoms with Crippen LogP contribution in [-0.2, 0) is 16.2 Å². The zero-order chi connectivity index (χ0) is 30.1. The highest BCUT2D eigenvalue weighted by molar-refractivity contribution is 7.88. The lowest BCUT2D eigenvalue weighted by atomic mass is 9.98. The van der Waals surface area contributed by atoms with Crippen molar-refractivity contribution in [3.05, 3.63) is 88.0 Å². The number of carbonyl (C=O) groups excluding carboxylic acids is 1. The molecule has 0 heterocycles. The number of hydrogen-bond acceptors (Lipinski definition) is 5. The summed E-state index contributed by atoms with van der Waals surface area (Å²) in [5, 5.41) is 11.8.